The summed E-state index contributed by atoms with van der Waals surface area (Å²) < 4.78 is 16.5. The van der Waals surface area contributed by atoms with Gasteiger partial charge < -0.3 is 10.2 Å². The molecule has 1 N–H and O–H groups in total. The van der Waals surface area contributed by atoms with Crippen LogP contribution >= 0.6 is 0 Å². The van der Waals surface area contributed by atoms with E-state index in [2.05, 4.69) is 25.6 Å². The highest BCUT2D eigenvalue weighted by Crippen LogP contribution is 2.23. The zero-order valence-corrected chi connectivity index (χ0v) is 19.6. The maximum absolute atomic E-state index is 14.8. The van der Waals surface area contributed by atoms with Crippen LogP contribution in [0.1, 0.15) is 15.9 Å². The minimum atomic E-state index is -0.708. The van der Waals surface area contributed by atoms with E-state index in [4.69, 9.17) is 0 Å². The van der Waals surface area contributed by atoms with Crippen LogP contribution in [0.25, 0.3) is 33.3 Å². The topological polar surface area (TPSA) is 106 Å². The smallest absolute Gasteiger partial charge is 0.254 e. The van der Waals surface area contributed by atoms with Crippen LogP contribution in [0.3, 0.4) is 0 Å². The van der Waals surface area contributed by atoms with Gasteiger partial charge in [0.15, 0.2) is 5.65 Å². The quantitative estimate of drug-likeness (QED) is 0.398. The molecule has 3 aromatic heterocycles. The third kappa shape index (κ3) is 4.61. The summed E-state index contributed by atoms with van der Waals surface area (Å²) in [6.07, 6.45) is 1.76. The summed E-state index contributed by atoms with van der Waals surface area (Å²) in [6, 6.07) is 17.6. The molecule has 3 heterocycles. The number of carbonyl (C=O) groups is 2. The maximum Gasteiger partial charge on any atom is 0.254 e. The zero-order chi connectivity index (χ0) is 25.2. The van der Waals surface area contributed by atoms with Crippen LogP contribution in [-0.4, -0.2) is 62.3 Å². The molecule has 0 radical (unpaired) electrons. The minimum absolute atomic E-state index is 0.149. The van der Waals surface area contributed by atoms with Gasteiger partial charge in [0.1, 0.15) is 11.3 Å². The first-order chi connectivity index (χ1) is 17.4. The highest BCUT2D eigenvalue weighted by atomic mass is 19.1. The molecule has 0 aliphatic rings. The van der Waals surface area contributed by atoms with Crippen molar-refractivity contribution in [1.82, 2.24) is 35.2 Å². The summed E-state index contributed by atoms with van der Waals surface area (Å²) in [5.74, 6) is -1.66. The number of nitrogens with zero attached hydrogens (tertiary/aromatic N) is 6. The molecule has 0 spiro atoms. The van der Waals surface area contributed by atoms with Gasteiger partial charge in [-0.2, -0.15) is 0 Å². The van der Waals surface area contributed by atoms with Crippen molar-refractivity contribution >= 4 is 33.9 Å². The van der Waals surface area contributed by atoms with Crippen molar-refractivity contribution in [3.05, 3.63) is 83.8 Å². The van der Waals surface area contributed by atoms with Crippen LogP contribution in [0.15, 0.2) is 66.9 Å². The SMILES string of the molecule is CN(C)C(=O)CNC(=O)c1ccc(-c2ccc3nnn(Cc4ccc5ncccc5c4)c3n2)cc1F. The second kappa shape index (κ2) is 9.49. The highest BCUT2D eigenvalue weighted by Gasteiger charge is 2.16. The lowest BCUT2D eigenvalue weighted by atomic mass is 10.1. The molecule has 2 aromatic carbocycles. The van der Waals surface area contributed by atoms with Gasteiger partial charge in [-0.3, -0.25) is 14.6 Å². The van der Waals surface area contributed by atoms with Crippen molar-refractivity contribution in [2.75, 3.05) is 20.6 Å². The van der Waals surface area contributed by atoms with Gasteiger partial charge >= 0.3 is 0 Å². The van der Waals surface area contributed by atoms with Gasteiger partial charge in [-0.05, 0) is 48.0 Å². The second-order valence-corrected chi connectivity index (χ2v) is 8.48. The molecule has 0 unspecified atom stereocenters. The molecule has 180 valence electrons. The number of hydrogen-bond donors (Lipinski definition) is 1. The summed E-state index contributed by atoms with van der Waals surface area (Å²) >= 11 is 0. The van der Waals surface area contributed by atoms with Crippen molar-refractivity contribution in [1.29, 1.82) is 0 Å². The molecule has 2 amide bonds. The first kappa shape index (κ1) is 23.0. The molecule has 5 rings (SSSR count). The molecule has 36 heavy (non-hydrogen) atoms. The average molecular weight is 484 g/mol. The third-order valence-corrected chi connectivity index (χ3v) is 5.77. The molecular formula is C26H22FN7O2. The lowest BCUT2D eigenvalue weighted by molar-refractivity contribution is -0.127. The Balaban J connectivity index is 1.39. The number of likely N-dealkylation sites (N-methyl/N-ethyl adjacent to an activating group) is 1. The van der Waals surface area contributed by atoms with Gasteiger partial charge in [0.05, 0.1) is 29.9 Å². The van der Waals surface area contributed by atoms with Crippen molar-refractivity contribution in [2.45, 2.75) is 6.54 Å². The Hall–Kier alpha value is -4.73. The number of amides is 2. The monoisotopic (exact) mass is 483 g/mol. The van der Waals surface area contributed by atoms with E-state index < -0.39 is 11.7 Å². The number of fused-ring (bicyclic) bond motifs is 2. The fourth-order valence-electron chi connectivity index (χ4n) is 3.79. The molecule has 5 aromatic rings. The summed E-state index contributed by atoms with van der Waals surface area (Å²) in [5, 5.41) is 11.9. The molecule has 10 heteroatoms. The van der Waals surface area contributed by atoms with Crippen LogP contribution in [0.2, 0.25) is 0 Å². The normalized spacial score (nSPS) is 11.1. The zero-order valence-electron chi connectivity index (χ0n) is 19.6. The molecule has 0 bridgehead atoms. The fraction of sp³-hybridized carbons (Fsp3) is 0.154. The fourth-order valence-corrected chi connectivity index (χ4v) is 3.79. The first-order valence-electron chi connectivity index (χ1n) is 11.2. The lowest BCUT2D eigenvalue weighted by Crippen LogP contribution is -2.36. The Bertz CT molecular complexity index is 1610. The molecular weight excluding hydrogens is 461 g/mol. The Morgan fingerprint density at radius 1 is 1.03 bits per heavy atom. The molecule has 0 saturated carbocycles. The summed E-state index contributed by atoms with van der Waals surface area (Å²) in [5.41, 5.74) is 3.97. The van der Waals surface area contributed by atoms with Gasteiger partial charge in [0.2, 0.25) is 5.91 Å². The number of carbonyl (C=O) groups excluding carboxylic acids is 2. The molecule has 0 atom stereocenters. The number of benzene rings is 2. The molecule has 9 nitrogen and oxygen atoms in total. The van der Waals surface area contributed by atoms with Gasteiger partial charge in [-0.1, -0.05) is 23.4 Å². The van der Waals surface area contributed by atoms with Crippen LogP contribution in [0.4, 0.5) is 4.39 Å². The number of aromatic nitrogens is 5. The Kier molecular flexibility index (Phi) is 6.07. The van der Waals surface area contributed by atoms with Crippen molar-refractivity contribution in [3.63, 3.8) is 0 Å². The minimum Gasteiger partial charge on any atom is -0.347 e. The van der Waals surface area contributed by atoms with Crippen molar-refractivity contribution in [2.24, 2.45) is 0 Å². The summed E-state index contributed by atoms with van der Waals surface area (Å²) in [4.78, 5) is 34.4. The maximum atomic E-state index is 14.8. The number of rotatable bonds is 6. The van der Waals surface area contributed by atoms with Gasteiger partial charge in [-0.15, -0.1) is 5.10 Å². The standard InChI is InChI=1S/C26H22FN7O2/c1-33(2)24(35)14-29-26(36)19-7-6-18(13-20(19)27)22-9-10-23-25(30-22)34(32-31-23)15-16-5-8-21-17(12-16)4-3-11-28-21/h3-13H,14-15H2,1-2H3,(H,29,36). The van der Waals surface area contributed by atoms with E-state index in [9.17, 15) is 14.0 Å². The van der Waals surface area contributed by atoms with E-state index in [1.807, 2.05) is 30.3 Å². The molecule has 0 fully saturated rings. The number of nitrogens with one attached hydrogen (secondary N) is 1. The first-order valence-corrected chi connectivity index (χ1v) is 11.2. The molecule has 0 aliphatic carbocycles. The molecule has 0 saturated heterocycles. The van der Waals surface area contributed by atoms with E-state index in [1.165, 1.54) is 17.0 Å². The third-order valence-electron chi connectivity index (χ3n) is 5.77. The lowest BCUT2D eigenvalue weighted by Gasteiger charge is -2.11. The number of pyridine rings is 2. The highest BCUT2D eigenvalue weighted by molar-refractivity contribution is 5.97. The van der Waals surface area contributed by atoms with E-state index in [0.717, 1.165) is 16.5 Å². The summed E-state index contributed by atoms with van der Waals surface area (Å²) in [7, 11) is 3.16. The predicted molar refractivity (Wildman–Crippen MR) is 133 cm³/mol. The van der Waals surface area contributed by atoms with Crippen LogP contribution < -0.4 is 5.32 Å². The van der Waals surface area contributed by atoms with E-state index >= 15 is 0 Å². The van der Waals surface area contributed by atoms with Gasteiger partial charge in [-0.25, -0.2) is 14.1 Å². The average Bonchev–Trinajstić information content (AvgIpc) is 3.28. The van der Waals surface area contributed by atoms with E-state index in [-0.39, 0.29) is 18.0 Å². The van der Waals surface area contributed by atoms with Crippen LogP contribution in [0.5, 0.6) is 0 Å². The van der Waals surface area contributed by atoms with E-state index in [1.54, 1.807) is 43.2 Å². The van der Waals surface area contributed by atoms with Crippen molar-refractivity contribution < 1.29 is 14.0 Å². The van der Waals surface area contributed by atoms with E-state index in [0.29, 0.717) is 29.0 Å². The Morgan fingerprint density at radius 2 is 1.86 bits per heavy atom. The Labute approximate surface area is 205 Å². The Morgan fingerprint density at radius 3 is 2.67 bits per heavy atom. The number of halogens is 1. The van der Waals surface area contributed by atoms with Gasteiger partial charge in [0, 0.05) is 31.2 Å². The largest absolute Gasteiger partial charge is 0.347 e. The van der Waals surface area contributed by atoms with Crippen molar-refractivity contribution in [3.8, 4) is 11.3 Å². The predicted octanol–water partition coefficient (Wildman–Crippen LogP) is 3.05. The van der Waals surface area contributed by atoms with Crippen LogP contribution in [0, 0.1) is 5.82 Å². The van der Waals surface area contributed by atoms with Gasteiger partial charge in [0.25, 0.3) is 5.91 Å². The molecule has 0 aliphatic heterocycles. The second-order valence-electron chi connectivity index (χ2n) is 8.48. The number of hydrogen-bond acceptors (Lipinski definition) is 6. The van der Waals surface area contributed by atoms with Crippen LogP contribution in [-0.2, 0) is 11.3 Å². The summed E-state index contributed by atoms with van der Waals surface area (Å²) in [6.45, 7) is 0.243.